The highest BCUT2D eigenvalue weighted by atomic mass is 31.2. The van der Waals surface area contributed by atoms with Gasteiger partial charge in [-0.3, -0.25) is 0 Å². The molecule has 0 spiro atoms. The van der Waals surface area contributed by atoms with Crippen LogP contribution in [0.5, 0.6) is 0 Å². The molecule has 0 amide bonds. The zero-order valence-corrected chi connectivity index (χ0v) is 25.4. The van der Waals surface area contributed by atoms with E-state index >= 15 is 17.9 Å². The van der Waals surface area contributed by atoms with Gasteiger partial charge < -0.3 is 9.13 Å². The maximum absolute atomic E-state index is 15.6. The minimum absolute atomic E-state index is 0.0178. The topological polar surface area (TPSA) is 34.1 Å². The van der Waals surface area contributed by atoms with Crippen molar-refractivity contribution in [1.29, 1.82) is 0 Å². The summed E-state index contributed by atoms with van der Waals surface area (Å²) in [6, 6.07) is 18.7. The maximum Gasteiger partial charge on any atom is 0.154 e. The molecule has 2 nitrogen and oxygen atoms in total. The molecule has 1 aliphatic rings. The first kappa shape index (κ1) is 31.1. The standard InChI is InChI=1S/C36H34F2O2P2/c1-4-28(2)16-7-5-8-17-29(3)26-41(39,35-23-10-6-9-21-32(35)37)27-42(40,36-24-14-13-22-33(36)38)34-25-15-19-30-18-11-12-20-31(30)34/h4-22,24-25H,1,3,23,26-27H2,2H3/b7-5-,17-8+,28-16+. The van der Waals surface area contributed by atoms with E-state index < -0.39 is 31.8 Å². The lowest BCUT2D eigenvalue weighted by molar-refractivity contribution is 0.574. The van der Waals surface area contributed by atoms with Gasteiger partial charge >= 0.3 is 0 Å². The molecule has 1 aliphatic carbocycles. The lowest BCUT2D eigenvalue weighted by Gasteiger charge is -2.28. The molecule has 2 atom stereocenters. The van der Waals surface area contributed by atoms with Crippen LogP contribution in [0.3, 0.4) is 0 Å². The van der Waals surface area contributed by atoms with Crippen molar-refractivity contribution in [3.05, 3.63) is 169 Å². The summed E-state index contributed by atoms with van der Waals surface area (Å²) >= 11 is 0. The van der Waals surface area contributed by atoms with Crippen molar-refractivity contribution < 1.29 is 17.9 Å². The van der Waals surface area contributed by atoms with Crippen molar-refractivity contribution in [3.8, 4) is 0 Å². The van der Waals surface area contributed by atoms with Gasteiger partial charge in [0.2, 0.25) is 0 Å². The van der Waals surface area contributed by atoms with E-state index in [0.29, 0.717) is 16.3 Å². The van der Waals surface area contributed by atoms with E-state index in [9.17, 15) is 0 Å². The van der Waals surface area contributed by atoms with E-state index in [2.05, 4.69) is 13.2 Å². The smallest absolute Gasteiger partial charge is 0.154 e. The quantitative estimate of drug-likeness (QED) is 0.163. The number of halogens is 2. The molecule has 4 rings (SSSR count). The second-order valence-electron chi connectivity index (χ2n) is 10.2. The molecule has 0 aliphatic heterocycles. The third kappa shape index (κ3) is 7.13. The van der Waals surface area contributed by atoms with Crippen LogP contribution < -0.4 is 10.6 Å². The van der Waals surface area contributed by atoms with E-state index in [4.69, 9.17) is 0 Å². The molecule has 0 saturated heterocycles. The Labute approximate surface area is 247 Å². The summed E-state index contributed by atoms with van der Waals surface area (Å²) in [6.07, 6.45) is 17.0. The number of fused-ring (bicyclic) bond motifs is 1. The first-order chi connectivity index (χ1) is 20.2. The fourth-order valence-electron chi connectivity index (χ4n) is 4.97. The molecule has 6 heteroatoms. The second kappa shape index (κ2) is 13.9. The van der Waals surface area contributed by atoms with Crippen LogP contribution in [0.25, 0.3) is 10.8 Å². The SMILES string of the molecule is C=C/C(C)=C/C=C\C=C\C(=C)CP(=O)(CP(=O)(c1ccccc1F)c1cccc2ccccc12)C1=C(F)C=CC=CC1. The van der Waals surface area contributed by atoms with Gasteiger partial charge in [-0.15, -0.1) is 0 Å². The first-order valence-corrected chi connectivity index (χ1v) is 17.6. The molecule has 0 heterocycles. The molecule has 0 N–H and O–H groups in total. The van der Waals surface area contributed by atoms with Crippen LogP contribution in [0.1, 0.15) is 13.3 Å². The summed E-state index contributed by atoms with van der Waals surface area (Å²) in [5.74, 6) is -1.69. The molecule has 0 aromatic heterocycles. The molecular weight excluding hydrogens is 564 g/mol. The molecule has 0 bridgehead atoms. The Kier molecular flexibility index (Phi) is 10.3. The van der Waals surface area contributed by atoms with Crippen molar-refractivity contribution in [1.82, 2.24) is 0 Å². The van der Waals surface area contributed by atoms with Gasteiger partial charge in [0, 0.05) is 16.8 Å². The number of hydrogen-bond acceptors (Lipinski definition) is 2. The highest BCUT2D eigenvalue weighted by Crippen LogP contribution is 2.67. The van der Waals surface area contributed by atoms with Crippen LogP contribution in [0.2, 0.25) is 0 Å². The van der Waals surface area contributed by atoms with Crippen LogP contribution in [-0.2, 0) is 9.13 Å². The lowest BCUT2D eigenvalue weighted by Crippen LogP contribution is -2.23. The van der Waals surface area contributed by atoms with Crippen molar-refractivity contribution in [2.24, 2.45) is 0 Å². The Balaban J connectivity index is 1.87. The minimum atomic E-state index is -3.93. The van der Waals surface area contributed by atoms with E-state index in [0.717, 1.165) is 11.0 Å². The fourth-order valence-corrected chi connectivity index (χ4v) is 13.6. The van der Waals surface area contributed by atoms with Crippen molar-refractivity contribution >= 4 is 35.7 Å². The lowest BCUT2D eigenvalue weighted by atomic mass is 10.1. The highest BCUT2D eigenvalue weighted by molar-refractivity contribution is 7.90. The van der Waals surface area contributed by atoms with Crippen molar-refractivity contribution in [2.45, 2.75) is 13.3 Å². The van der Waals surface area contributed by atoms with Crippen molar-refractivity contribution in [3.63, 3.8) is 0 Å². The average Bonchev–Trinajstić information content (AvgIpc) is 3.21. The molecule has 42 heavy (non-hydrogen) atoms. The Morgan fingerprint density at radius 3 is 2.40 bits per heavy atom. The maximum atomic E-state index is 15.6. The minimum Gasteiger partial charge on any atom is -0.318 e. The monoisotopic (exact) mass is 598 g/mol. The first-order valence-electron chi connectivity index (χ1n) is 13.6. The molecule has 3 aromatic rings. The van der Waals surface area contributed by atoms with Crippen LogP contribution >= 0.6 is 14.3 Å². The summed E-state index contributed by atoms with van der Waals surface area (Å²) in [7, 11) is -7.72. The normalized spacial score (nSPS) is 17.0. The zero-order chi connectivity index (χ0) is 30.2. The molecule has 3 aromatic carbocycles. The van der Waals surface area contributed by atoms with Gasteiger partial charge in [0.1, 0.15) is 18.8 Å². The van der Waals surface area contributed by atoms with E-state index in [1.807, 2.05) is 49.4 Å². The van der Waals surface area contributed by atoms with E-state index in [1.165, 1.54) is 24.3 Å². The number of benzene rings is 3. The molecule has 0 fully saturated rings. The summed E-state index contributed by atoms with van der Waals surface area (Å²) in [5, 5.41) is 1.97. The van der Waals surface area contributed by atoms with Gasteiger partial charge in [-0.1, -0.05) is 128 Å². The molecule has 214 valence electrons. The molecule has 2 unspecified atom stereocenters. The van der Waals surface area contributed by atoms with E-state index in [-0.39, 0.29) is 23.2 Å². The van der Waals surface area contributed by atoms with E-state index in [1.54, 1.807) is 60.7 Å². The van der Waals surface area contributed by atoms with Gasteiger partial charge in [0.05, 0.1) is 11.2 Å². The third-order valence-electron chi connectivity index (χ3n) is 7.09. The largest absolute Gasteiger partial charge is 0.318 e. The molecule has 0 saturated carbocycles. The van der Waals surface area contributed by atoms with Crippen LogP contribution in [0, 0.1) is 5.82 Å². The summed E-state index contributed by atoms with van der Waals surface area (Å²) < 4.78 is 61.7. The van der Waals surface area contributed by atoms with Crippen LogP contribution in [-0.4, -0.2) is 12.1 Å². The number of rotatable bonds is 11. The Morgan fingerprint density at radius 2 is 1.62 bits per heavy atom. The Hall–Kier alpha value is -3.84. The Morgan fingerprint density at radius 1 is 0.905 bits per heavy atom. The highest BCUT2D eigenvalue weighted by Gasteiger charge is 2.42. The van der Waals surface area contributed by atoms with Gasteiger partial charge in [0.25, 0.3) is 0 Å². The predicted octanol–water partition coefficient (Wildman–Crippen LogP) is 10.1. The van der Waals surface area contributed by atoms with Gasteiger partial charge in [0.15, 0.2) is 7.14 Å². The predicted molar refractivity (Wildman–Crippen MR) is 177 cm³/mol. The fraction of sp³-hybridized carbons (Fsp3) is 0.111. The van der Waals surface area contributed by atoms with Crippen LogP contribution in [0.4, 0.5) is 8.78 Å². The molecule has 0 radical (unpaired) electrons. The summed E-state index contributed by atoms with van der Waals surface area (Å²) in [5.41, 5.74) is 1.49. The number of hydrogen-bond donors (Lipinski definition) is 0. The second-order valence-corrected chi connectivity index (χ2v) is 16.4. The van der Waals surface area contributed by atoms with Gasteiger partial charge in [-0.25, -0.2) is 8.78 Å². The van der Waals surface area contributed by atoms with Crippen molar-refractivity contribution in [2.75, 3.05) is 12.1 Å². The van der Waals surface area contributed by atoms with Crippen LogP contribution in [0.15, 0.2) is 163 Å². The Bertz CT molecular complexity index is 1780. The van der Waals surface area contributed by atoms with Gasteiger partial charge in [-0.2, -0.15) is 0 Å². The summed E-state index contributed by atoms with van der Waals surface area (Å²) in [6.45, 7) is 9.76. The number of allylic oxidation sites excluding steroid dienone is 14. The third-order valence-corrected chi connectivity index (χ3v) is 15.1. The summed E-state index contributed by atoms with van der Waals surface area (Å²) in [4.78, 5) is 0. The van der Waals surface area contributed by atoms with Gasteiger partial charge in [-0.05, 0) is 47.9 Å². The zero-order valence-electron chi connectivity index (χ0n) is 23.6. The average molecular weight is 599 g/mol. The molecular formula is C36H34F2O2P2.